The van der Waals surface area contributed by atoms with E-state index >= 15 is 0 Å². The number of rotatable bonds is 3. The van der Waals surface area contributed by atoms with Gasteiger partial charge >= 0.3 is 0 Å². The molecule has 4 atom stereocenters. The van der Waals surface area contributed by atoms with Gasteiger partial charge in [-0.15, -0.1) is 0 Å². The van der Waals surface area contributed by atoms with Gasteiger partial charge in [0.05, 0.1) is 29.1 Å². The Morgan fingerprint density at radius 3 is 2.39 bits per heavy atom. The van der Waals surface area contributed by atoms with Gasteiger partial charge in [0.1, 0.15) is 0 Å². The molecule has 0 radical (unpaired) electrons. The summed E-state index contributed by atoms with van der Waals surface area (Å²) in [5.74, 6) is -3.28. The maximum absolute atomic E-state index is 13.9. The van der Waals surface area contributed by atoms with Crippen molar-refractivity contribution in [3.05, 3.63) is 85.9 Å². The average Bonchev–Trinajstić information content (AvgIpc) is 3.16. The fraction of sp³-hybridized carbons (Fsp3) is 0.241. The Balaban J connectivity index is 1.48. The van der Waals surface area contributed by atoms with Crippen molar-refractivity contribution in [3.8, 4) is 11.5 Å². The molecule has 7 nitrogen and oxygen atoms in total. The SMILES string of the molecule is COc1ccc([C@H]2C3=CC[C@@H]4C(=O)N(c5ccc(Br)cc5)C(=O)[C@@H]4[C@@H]3CC3=C2C(=O)C=C(Br)C3=O)cc1O. The van der Waals surface area contributed by atoms with Gasteiger partial charge in [0.25, 0.3) is 0 Å². The first-order valence-corrected chi connectivity index (χ1v) is 13.7. The van der Waals surface area contributed by atoms with Crippen molar-refractivity contribution in [2.45, 2.75) is 18.8 Å². The molecule has 1 aliphatic heterocycles. The first kappa shape index (κ1) is 25.0. The summed E-state index contributed by atoms with van der Waals surface area (Å²) in [7, 11) is 1.45. The first-order valence-electron chi connectivity index (χ1n) is 12.1. The van der Waals surface area contributed by atoms with Gasteiger partial charge in [-0.2, -0.15) is 0 Å². The van der Waals surface area contributed by atoms with Gasteiger partial charge in [-0.3, -0.25) is 24.1 Å². The Hall–Kier alpha value is -3.30. The molecule has 38 heavy (non-hydrogen) atoms. The van der Waals surface area contributed by atoms with Crippen LogP contribution in [-0.4, -0.2) is 35.6 Å². The zero-order valence-electron chi connectivity index (χ0n) is 20.1. The van der Waals surface area contributed by atoms with Gasteiger partial charge in [-0.05, 0) is 76.7 Å². The number of benzene rings is 2. The molecule has 1 fully saturated rings. The van der Waals surface area contributed by atoms with Crippen molar-refractivity contribution in [1.82, 2.24) is 0 Å². The number of imide groups is 1. The van der Waals surface area contributed by atoms with E-state index in [0.29, 0.717) is 28.8 Å². The lowest BCUT2D eigenvalue weighted by Gasteiger charge is -2.42. The zero-order chi connectivity index (χ0) is 26.9. The number of hydrogen-bond donors (Lipinski definition) is 1. The van der Waals surface area contributed by atoms with Crippen molar-refractivity contribution in [2.75, 3.05) is 12.0 Å². The molecule has 192 valence electrons. The fourth-order valence-corrected chi connectivity index (χ4v) is 7.03. The van der Waals surface area contributed by atoms with Crippen LogP contribution in [0.5, 0.6) is 11.5 Å². The lowest BCUT2D eigenvalue weighted by Crippen LogP contribution is -2.39. The van der Waals surface area contributed by atoms with Crippen LogP contribution < -0.4 is 9.64 Å². The summed E-state index contributed by atoms with van der Waals surface area (Å²) in [6.45, 7) is 0. The maximum atomic E-state index is 13.9. The number of ether oxygens (including phenoxy) is 1. The molecule has 0 aromatic heterocycles. The third-order valence-electron chi connectivity index (χ3n) is 7.95. The summed E-state index contributed by atoms with van der Waals surface area (Å²) >= 11 is 6.61. The molecule has 0 bridgehead atoms. The number of carbonyl (C=O) groups is 4. The van der Waals surface area contributed by atoms with E-state index in [-0.39, 0.29) is 45.8 Å². The summed E-state index contributed by atoms with van der Waals surface area (Å²) < 4.78 is 6.19. The lowest BCUT2D eigenvalue weighted by molar-refractivity contribution is -0.123. The van der Waals surface area contributed by atoms with Crippen LogP contribution in [0.1, 0.15) is 24.3 Å². The van der Waals surface area contributed by atoms with E-state index in [1.807, 2.05) is 6.08 Å². The number of phenolic OH excluding ortho intramolecular Hbond substituents is 1. The smallest absolute Gasteiger partial charge is 0.238 e. The Bertz CT molecular complexity index is 1540. The number of phenols is 1. The number of carbonyl (C=O) groups excluding carboxylic acids is 4. The number of methoxy groups -OCH3 is 1. The number of amides is 2. The number of halogens is 2. The van der Waals surface area contributed by atoms with Crippen LogP contribution in [0.4, 0.5) is 5.69 Å². The van der Waals surface area contributed by atoms with E-state index in [9.17, 15) is 24.3 Å². The van der Waals surface area contributed by atoms with Crippen LogP contribution in [0.25, 0.3) is 0 Å². The van der Waals surface area contributed by atoms with Crippen molar-refractivity contribution in [1.29, 1.82) is 0 Å². The Morgan fingerprint density at radius 2 is 1.71 bits per heavy atom. The van der Waals surface area contributed by atoms with Crippen molar-refractivity contribution < 1.29 is 29.0 Å². The van der Waals surface area contributed by atoms with E-state index in [0.717, 1.165) is 10.0 Å². The summed E-state index contributed by atoms with van der Waals surface area (Å²) in [5, 5.41) is 10.5. The third-order valence-corrected chi connectivity index (χ3v) is 9.07. The van der Waals surface area contributed by atoms with Crippen LogP contribution in [0, 0.1) is 17.8 Å². The number of Topliss-reactive ketones (excluding diaryl/α,β-unsaturated/α-hetero) is 1. The summed E-state index contributed by atoms with van der Waals surface area (Å²) in [4.78, 5) is 55.2. The minimum absolute atomic E-state index is 0.0941. The molecule has 0 saturated carbocycles. The second-order valence-electron chi connectivity index (χ2n) is 9.81. The van der Waals surface area contributed by atoms with Gasteiger partial charge in [-0.25, -0.2) is 0 Å². The van der Waals surface area contributed by atoms with Gasteiger partial charge < -0.3 is 9.84 Å². The molecule has 9 heteroatoms. The predicted molar refractivity (Wildman–Crippen MR) is 146 cm³/mol. The number of hydrogen-bond acceptors (Lipinski definition) is 6. The van der Waals surface area contributed by atoms with Crippen molar-refractivity contribution >= 4 is 60.9 Å². The highest BCUT2D eigenvalue weighted by Crippen LogP contribution is 2.56. The topological polar surface area (TPSA) is 101 Å². The van der Waals surface area contributed by atoms with Crippen LogP contribution in [-0.2, 0) is 19.2 Å². The maximum Gasteiger partial charge on any atom is 0.238 e. The monoisotopic (exact) mass is 637 g/mol. The van der Waals surface area contributed by atoms with Crippen molar-refractivity contribution in [2.24, 2.45) is 17.8 Å². The van der Waals surface area contributed by atoms with Gasteiger partial charge in [0.15, 0.2) is 23.1 Å². The molecular formula is C29H21Br2NO6. The zero-order valence-corrected chi connectivity index (χ0v) is 23.3. The van der Waals surface area contributed by atoms with Gasteiger partial charge in [0.2, 0.25) is 11.8 Å². The molecule has 6 rings (SSSR count). The molecule has 1 heterocycles. The van der Waals surface area contributed by atoms with E-state index in [2.05, 4.69) is 31.9 Å². The summed E-state index contributed by atoms with van der Waals surface area (Å²) in [6, 6.07) is 11.9. The van der Waals surface area contributed by atoms with E-state index < -0.39 is 23.7 Å². The highest BCUT2D eigenvalue weighted by atomic mass is 79.9. The predicted octanol–water partition coefficient (Wildman–Crippen LogP) is 5.13. The van der Waals surface area contributed by atoms with Crippen LogP contribution in [0.15, 0.2) is 80.3 Å². The van der Waals surface area contributed by atoms with E-state index in [4.69, 9.17) is 4.74 Å². The molecule has 1 N–H and O–H groups in total. The minimum atomic E-state index is -0.665. The van der Waals surface area contributed by atoms with Gasteiger partial charge in [-0.1, -0.05) is 33.6 Å². The highest BCUT2D eigenvalue weighted by molar-refractivity contribution is 9.12. The van der Waals surface area contributed by atoms with Crippen molar-refractivity contribution in [3.63, 3.8) is 0 Å². The number of aromatic hydroxyl groups is 1. The number of nitrogens with zero attached hydrogens (tertiary/aromatic N) is 1. The summed E-state index contributed by atoms with van der Waals surface area (Å²) in [5.41, 5.74) is 2.63. The highest BCUT2D eigenvalue weighted by Gasteiger charge is 2.56. The minimum Gasteiger partial charge on any atom is -0.504 e. The quantitative estimate of drug-likeness (QED) is 0.284. The van der Waals surface area contributed by atoms with Crippen LogP contribution in [0.2, 0.25) is 0 Å². The molecule has 0 unspecified atom stereocenters. The molecule has 0 spiro atoms. The first-order chi connectivity index (χ1) is 18.2. The molecule has 2 aromatic carbocycles. The molecule has 2 aromatic rings. The van der Waals surface area contributed by atoms with Crippen LogP contribution in [0.3, 0.4) is 0 Å². The van der Waals surface area contributed by atoms with E-state index in [1.54, 1.807) is 36.4 Å². The fourth-order valence-electron chi connectivity index (χ4n) is 6.32. The lowest BCUT2D eigenvalue weighted by atomic mass is 9.59. The Kier molecular flexibility index (Phi) is 6.03. The summed E-state index contributed by atoms with van der Waals surface area (Å²) in [6.07, 6.45) is 3.76. The largest absolute Gasteiger partial charge is 0.504 e. The Labute approximate surface area is 235 Å². The number of allylic oxidation sites excluding steroid dienone is 6. The number of anilines is 1. The molecule has 4 aliphatic rings. The average molecular weight is 639 g/mol. The number of fused-ring (bicyclic) bond motifs is 3. The molecule has 2 amide bonds. The number of ketones is 2. The van der Waals surface area contributed by atoms with E-state index in [1.165, 1.54) is 24.2 Å². The van der Waals surface area contributed by atoms with Gasteiger partial charge in [0, 0.05) is 27.6 Å². The molecule has 1 saturated heterocycles. The standard InChI is InChI=1S/C29H21Br2NO6/c1-38-23-9-2-13(10-21(23)33)24-16-7-8-17-25(18(16)11-19-26(24)22(34)12-20(31)27(19)35)29(37)32(28(17)36)15-5-3-14(30)4-6-15/h2-7,9-10,12,17-18,24-25,33H,8,11H2,1H3/t17-,18+,24-,25-/m0/s1. The molecule has 3 aliphatic carbocycles. The second kappa shape index (κ2) is 9.17. The Morgan fingerprint density at radius 1 is 0.974 bits per heavy atom. The second-order valence-corrected chi connectivity index (χ2v) is 11.6. The van der Waals surface area contributed by atoms with Crippen LogP contribution >= 0.6 is 31.9 Å². The third kappa shape index (κ3) is 3.66. The normalized spacial score (nSPS) is 26.6. The molecular weight excluding hydrogens is 618 g/mol.